The first-order valence-electron chi connectivity index (χ1n) is 13.8. The van der Waals surface area contributed by atoms with Gasteiger partial charge in [-0.05, 0) is 83.1 Å². The van der Waals surface area contributed by atoms with Gasteiger partial charge in [-0.3, -0.25) is 9.59 Å². The molecule has 9 nitrogen and oxygen atoms in total. The largest absolute Gasteiger partial charge is 0.496 e. The maximum absolute atomic E-state index is 14.5. The van der Waals surface area contributed by atoms with E-state index < -0.39 is 23.6 Å². The number of nitrogens with zero attached hydrogens (tertiary/aromatic N) is 1. The number of hydrogen-bond donors (Lipinski definition) is 3. The summed E-state index contributed by atoms with van der Waals surface area (Å²) in [7, 11) is 1.41. The lowest BCUT2D eigenvalue weighted by Gasteiger charge is -2.34. The average molecular weight is 544 g/mol. The smallest absolute Gasteiger partial charge is 0.341 e. The number of hydrogen-bond acceptors (Lipinski definition) is 6. The molecule has 1 aromatic carbocycles. The number of methoxy groups -OCH3 is 1. The topological polar surface area (TPSA) is 138 Å². The van der Waals surface area contributed by atoms with Crippen molar-refractivity contribution in [3.05, 3.63) is 23.3 Å². The molecule has 0 saturated heterocycles. The van der Waals surface area contributed by atoms with Gasteiger partial charge in [0.1, 0.15) is 17.6 Å². The predicted octanol–water partition coefficient (Wildman–Crippen LogP) is 4.13. The van der Waals surface area contributed by atoms with Gasteiger partial charge < -0.3 is 25.2 Å². The molecule has 0 aromatic heterocycles. The molecule has 0 spiro atoms. The van der Waals surface area contributed by atoms with Crippen molar-refractivity contribution >= 4 is 17.8 Å². The van der Waals surface area contributed by atoms with Crippen molar-refractivity contribution in [1.82, 2.24) is 10.6 Å². The van der Waals surface area contributed by atoms with E-state index in [1.54, 1.807) is 0 Å². The third-order valence-electron chi connectivity index (χ3n) is 8.93. The second-order valence-electron chi connectivity index (χ2n) is 11.8. The molecule has 39 heavy (non-hydrogen) atoms. The molecular weight excluding hydrogens is 505 g/mol. The summed E-state index contributed by atoms with van der Waals surface area (Å²) in [6.07, 6.45) is 3.03. The van der Waals surface area contributed by atoms with Crippen LogP contribution in [0.1, 0.15) is 88.1 Å². The number of carbonyl (C=O) groups is 3. The van der Waals surface area contributed by atoms with Crippen LogP contribution in [0.2, 0.25) is 0 Å². The van der Waals surface area contributed by atoms with E-state index in [0.29, 0.717) is 0 Å². The first-order valence-corrected chi connectivity index (χ1v) is 13.8. The minimum atomic E-state index is -2.28. The van der Waals surface area contributed by atoms with Crippen LogP contribution in [-0.2, 0) is 9.59 Å². The highest BCUT2D eigenvalue weighted by molar-refractivity contribution is 5.98. The number of amides is 2. The molecule has 2 bridgehead atoms. The van der Waals surface area contributed by atoms with Crippen LogP contribution in [0.15, 0.2) is 12.1 Å². The number of carboxylic acid groups (broad SMARTS) is 1. The maximum Gasteiger partial charge on any atom is 0.341 e. The van der Waals surface area contributed by atoms with Crippen LogP contribution in [0, 0.1) is 29.1 Å². The van der Waals surface area contributed by atoms with Crippen molar-refractivity contribution in [1.29, 1.82) is 5.26 Å². The fraction of sp³-hybridized carbons (Fsp3) is 0.655. The van der Waals surface area contributed by atoms with Crippen molar-refractivity contribution in [2.24, 2.45) is 17.8 Å². The molecule has 1 aromatic rings. The van der Waals surface area contributed by atoms with Gasteiger partial charge in [-0.2, -0.15) is 5.26 Å². The number of benzene rings is 1. The Bertz CT molecular complexity index is 1170. The summed E-state index contributed by atoms with van der Waals surface area (Å²) in [5, 5.41) is 25.1. The van der Waals surface area contributed by atoms with Gasteiger partial charge in [-0.1, -0.05) is 6.92 Å². The van der Waals surface area contributed by atoms with E-state index in [0.717, 1.165) is 25.7 Å². The monoisotopic (exact) mass is 543 g/mol. The quantitative estimate of drug-likeness (QED) is 0.426. The standard InChI is InChI=1S/C29H38FN3O6/c1-5-28(2,3)33-26(35)23-16-6-7-17(12-16)24(23)32-25(34)20-14-21(18(15-31)13-22(20)38-4)39-19-8-10-29(30,11-9-19)27(36)37/h13-14,16-17,19,23-24H,5-12H2,1-4H3,(H,32,34)(H,33,35)(H,36,37)/t16-,17+,19?,23+,24-,29?/m1/s1. The van der Waals surface area contributed by atoms with Gasteiger partial charge in [0.05, 0.1) is 30.3 Å². The molecule has 3 aliphatic rings. The van der Waals surface area contributed by atoms with Crippen molar-refractivity contribution in [3.63, 3.8) is 0 Å². The number of fused-ring (bicyclic) bond motifs is 2. The summed E-state index contributed by atoms with van der Waals surface area (Å²) in [6, 6.07) is 4.61. The summed E-state index contributed by atoms with van der Waals surface area (Å²) in [5.41, 5.74) is -2.30. The summed E-state index contributed by atoms with van der Waals surface area (Å²) in [6.45, 7) is 5.98. The van der Waals surface area contributed by atoms with Crippen molar-refractivity contribution in [2.75, 3.05) is 7.11 Å². The molecule has 2 amide bonds. The normalized spacial score (nSPS) is 29.8. The molecule has 10 heteroatoms. The van der Waals surface area contributed by atoms with Crippen molar-refractivity contribution in [2.45, 2.75) is 95.5 Å². The Balaban J connectivity index is 1.54. The molecule has 212 valence electrons. The van der Waals surface area contributed by atoms with E-state index in [1.807, 2.05) is 26.8 Å². The third kappa shape index (κ3) is 5.82. The van der Waals surface area contributed by atoms with Crippen molar-refractivity contribution in [3.8, 4) is 17.6 Å². The zero-order valence-corrected chi connectivity index (χ0v) is 23.0. The zero-order chi connectivity index (χ0) is 28.5. The summed E-state index contributed by atoms with van der Waals surface area (Å²) in [4.78, 5) is 38.1. The molecule has 0 heterocycles. The molecule has 3 N–H and O–H groups in total. The average Bonchev–Trinajstić information content (AvgIpc) is 3.51. The molecule has 4 rings (SSSR count). The van der Waals surface area contributed by atoms with E-state index in [-0.39, 0.29) is 83.6 Å². The number of nitrogens with one attached hydrogen (secondary N) is 2. The fourth-order valence-electron chi connectivity index (χ4n) is 6.26. The molecule has 0 aliphatic heterocycles. The second kappa shape index (κ2) is 11.0. The van der Waals surface area contributed by atoms with E-state index >= 15 is 0 Å². The Morgan fingerprint density at radius 2 is 1.82 bits per heavy atom. The molecule has 4 atom stereocenters. The number of nitriles is 1. The number of carbonyl (C=O) groups excluding carboxylic acids is 2. The van der Waals surface area contributed by atoms with Crippen LogP contribution in [0.4, 0.5) is 4.39 Å². The van der Waals surface area contributed by atoms with E-state index in [1.165, 1.54) is 19.2 Å². The second-order valence-corrected chi connectivity index (χ2v) is 11.8. The lowest BCUT2D eigenvalue weighted by Crippen LogP contribution is -2.53. The molecule has 3 saturated carbocycles. The fourth-order valence-corrected chi connectivity index (χ4v) is 6.26. The Labute approximate surface area is 228 Å². The Hall–Kier alpha value is -3.35. The van der Waals surface area contributed by atoms with E-state index in [4.69, 9.17) is 14.6 Å². The van der Waals surface area contributed by atoms with Gasteiger partial charge in [0.2, 0.25) is 11.6 Å². The lowest BCUT2D eigenvalue weighted by atomic mass is 9.82. The van der Waals surface area contributed by atoms with Crippen LogP contribution in [0.3, 0.4) is 0 Å². The van der Waals surface area contributed by atoms with Gasteiger partial charge >= 0.3 is 5.97 Å². The molecule has 0 radical (unpaired) electrons. The number of ether oxygens (including phenoxy) is 2. The first-order chi connectivity index (χ1) is 18.4. The minimum Gasteiger partial charge on any atom is -0.496 e. The van der Waals surface area contributed by atoms with Crippen LogP contribution in [-0.4, -0.2) is 53.4 Å². The highest BCUT2D eigenvalue weighted by atomic mass is 19.1. The van der Waals surface area contributed by atoms with Crippen molar-refractivity contribution < 1.29 is 33.4 Å². The minimum absolute atomic E-state index is 0.0437. The SMILES string of the molecule is CCC(C)(C)NC(=O)[C@H]1[C@@H]2CC[C@@H](C2)[C@H]1NC(=O)c1cc(OC2CCC(F)(C(=O)O)CC2)c(C#N)cc1OC. The number of alkyl halides is 1. The summed E-state index contributed by atoms with van der Waals surface area (Å²) < 4.78 is 25.9. The lowest BCUT2D eigenvalue weighted by molar-refractivity contribution is -0.154. The van der Waals surface area contributed by atoms with E-state index in [2.05, 4.69) is 10.6 Å². The van der Waals surface area contributed by atoms with Gasteiger partial charge in [-0.25, -0.2) is 9.18 Å². The maximum atomic E-state index is 14.5. The molecule has 3 aliphatic carbocycles. The highest BCUT2D eigenvalue weighted by Crippen LogP contribution is 2.49. The predicted molar refractivity (Wildman–Crippen MR) is 140 cm³/mol. The molecule has 3 fully saturated rings. The number of halogens is 1. The zero-order valence-electron chi connectivity index (χ0n) is 23.0. The summed E-state index contributed by atoms with van der Waals surface area (Å²) >= 11 is 0. The number of carboxylic acids is 1. The molecular formula is C29H38FN3O6. The summed E-state index contributed by atoms with van der Waals surface area (Å²) in [5.74, 6) is -1.50. The van der Waals surface area contributed by atoms with Crippen LogP contribution in [0.25, 0.3) is 0 Å². The van der Waals surface area contributed by atoms with Gasteiger partial charge in [0.25, 0.3) is 5.91 Å². The van der Waals surface area contributed by atoms with Crippen LogP contribution >= 0.6 is 0 Å². The van der Waals surface area contributed by atoms with Gasteiger partial charge in [0, 0.05) is 17.6 Å². The third-order valence-corrected chi connectivity index (χ3v) is 8.93. The number of aliphatic carboxylic acids is 1. The first kappa shape index (κ1) is 28.7. The van der Waals surface area contributed by atoms with Crippen LogP contribution < -0.4 is 20.1 Å². The Kier molecular flexibility index (Phi) is 8.10. The highest BCUT2D eigenvalue weighted by Gasteiger charge is 2.52. The number of rotatable bonds is 9. The van der Waals surface area contributed by atoms with Gasteiger partial charge in [0.15, 0.2) is 0 Å². The van der Waals surface area contributed by atoms with E-state index in [9.17, 15) is 24.0 Å². The van der Waals surface area contributed by atoms with Gasteiger partial charge in [-0.15, -0.1) is 0 Å². The Morgan fingerprint density at radius 1 is 1.15 bits per heavy atom. The molecule has 0 unspecified atom stereocenters. The Morgan fingerprint density at radius 3 is 2.41 bits per heavy atom. The van der Waals surface area contributed by atoms with Crippen LogP contribution in [0.5, 0.6) is 11.5 Å².